The van der Waals surface area contributed by atoms with E-state index in [1.165, 1.54) is 6.20 Å². The summed E-state index contributed by atoms with van der Waals surface area (Å²) in [6.07, 6.45) is 3.90. The highest BCUT2D eigenvalue weighted by molar-refractivity contribution is 5.91. The number of aliphatic hydroxyl groups is 1. The number of carbonyl (C=O) groups excluding carboxylic acids is 1. The van der Waals surface area contributed by atoms with E-state index >= 15 is 0 Å². The zero-order valence-corrected chi connectivity index (χ0v) is 9.77. The number of hydrogen-bond donors (Lipinski definition) is 3. The van der Waals surface area contributed by atoms with E-state index < -0.39 is 0 Å². The SMILES string of the molecule is CCC(CCO)CNC(=O)c1c[nH]c(=O)cn1. The lowest BCUT2D eigenvalue weighted by Crippen LogP contribution is -2.30. The van der Waals surface area contributed by atoms with Gasteiger partial charge in [0.15, 0.2) is 0 Å². The summed E-state index contributed by atoms with van der Waals surface area (Å²) in [6, 6.07) is 0. The highest BCUT2D eigenvalue weighted by Gasteiger charge is 2.10. The summed E-state index contributed by atoms with van der Waals surface area (Å²) in [5.41, 5.74) is -0.156. The molecule has 0 spiro atoms. The summed E-state index contributed by atoms with van der Waals surface area (Å²) in [4.78, 5) is 28.5. The minimum absolute atomic E-state index is 0.116. The molecule has 0 aromatic carbocycles. The Morgan fingerprint density at radius 1 is 1.65 bits per heavy atom. The number of aliphatic hydroxyl groups excluding tert-OH is 1. The van der Waals surface area contributed by atoms with Crippen molar-refractivity contribution in [1.82, 2.24) is 15.3 Å². The van der Waals surface area contributed by atoms with Crippen molar-refractivity contribution in [2.75, 3.05) is 13.2 Å². The van der Waals surface area contributed by atoms with Crippen molar-refractivity contribution in [2.24, 2.45) is 5.92 Å². The predicted octanol–water partition coefficient (Wildman–Crippen LogP) is -0.0917. The van der Waals surface area contributed by atoms with Crippen LogP contribution in [-0.4, -0.2) is 34.1 Å². The number of nitrogens with one attached hydrogen (secondary N) is 2. The first-order valence-corrected chi connectivity index (χ1v) is 5.61. The van der Waals surface area contributed by atoms with Crippen LogP contribution in [0, 0.1) is 5.92 Å². The Morgan fingerprint density at radius 3 is 2.94 bits per heavy atom. The molecule has 0 fully saturated rings. The van der Waals surface area contributed by atoms with Crippen molar-refractivity contribution in [3.05, 3.63) is 28.4 Å². The molecule has 0 saturated carbocycles. The molecule has 1 heterocycles. The molecule has 0 aliphatic carbocycles. The maximum absolute atomic E-state index is 11.6. The van der Waals surface area contributed by atoms with Gasteiger partial charge in [-0.2, -0.15) is 0 Å². The maximum atomic E-state index is 11.6. The van der Waals surface area contributed by atoms with Gasteiger partial charge in [0.2, 0.25) is 0 Å². The number of hydrogen-bond acceptors (Lipinski definition) is 4. The molecule has 6 heteroatoms. The van der Waals surface area contributed by atoms with E-state index in [4.69, 9.17) is 5.11 Å². The average Bonchev–Trinajstić information content (AvgIpc) is 2.35. The standard InChI is InChI=1S/C11H17N3O3/c1-2-8(3-4-15)5-14-11(17)9-6-13-10(16)7-12-9/h6-8,15H,2-5H2,1H3,(H,13,16)(H,14,17). The molecular weight excluding hydrogens is 222 g/mol. The van der Waals surface area contributed by atoms with Gasteiger partial charge in [-0.15, -0.1) is 0 Å². The molecule has 0 radical (unpaired) electrons. The second-order valence-corrected chi connectivity index (χ2v) is 3.79. The second-order valence-electron chi connectivity index (χ2n) is 3.79. The van der Waals surface area contributed by atoms with E-state index in [9.17, 15) is 9.59 Å². The van der Waals surface area contributed by atoms with Crippen molar-refractivity contribution in [2.45, 2.75) is 19.8 Å². The predicted molar refractivity (Wildman–Crippen MR) is 62.7 cm³/mol. The zero-order valence-electron chi connectivity index (χ0n) is 9.77. The lowest BCUT2D eigenvalue weighted by atomic mass is 10.0. The van der Waals surface area contributed by atoms with E-state index in [1.807, 2.05) is 6.92 Å². The molecule has 17 heavy (non-hydrogen) atoms. The summed E-state index contributed by atoms with van der Waals surface area (Å²) in [5, 5.41) is 11.5. The third-order valence-electron chi connectivity index (χ3n) is 2.57. The van der Waals surface area contributed by atoms with Crippen LogP contribution in [0.2, 0.25) is 0 Å². The first-order chi connectivity index (χ1) is 8.17. The molecule has 0 bridgehead atoms. The van der Waals surface area contributed by atoms with Crippen LogP contribution in [0.15, 0.2) is 17.2 Å². The maximum Gasteiger partial charge on any atom is 0.271 e. The van der Waals surface area contributed by atoms with Gasteiger partial charge in [0.25, 0.3) is 11.5 Å². The molecule has 94 valence electrons. The summed E-state index contributed by atoms with van der Waals surface area (Å²) in [5.74, 6) is -0.0654. The highest BCUT2D eigenvalue weighted by atomic mass is 16.3. The van der Waals surface area contributed by atoms with E-state index in [0.29, 0.717) is 13.0 Å². The van der Waals surface area contributed by atoms with Crippen LogP contribution < -0.4 is 10.9 Å². The quantitative estimate of drug-likeness (QED) is 0.646. The van der Waals surface area contributed by atoms with Crippen molar-refractivity contribution >= 4 is 5.91 Å². The van der Waals surface area contributed by atoms with Gasteiger partial charge >= 0.3 is 0 Å². The van der Waals surface area contributed by atoms with E-state index in [-0.39, 0.29) is 29.7 Å². The topological polar surface area (TPSA) is 95.1 Å². The molecule has 1 aromatic heterocycles. The van der Waals surface area contributed by atoms with Gasteiger partial charge in [0, 0.05) is 19.3 Å². The summed E-state index contributed by atoms with van der Waals surface area (Å²) in [6.45, 7) is 2.62. The van der Waals surface area contributed by atoms with Gasteiger partial charge < -0.3 is 15.4 Å². The zero-order chi connectivity index (χ0) is 12.7. The average molecular weight is 239 g/mol. The van der Waals surface area contributed by atoms with Crippen LogP contribution in [0.3, 0.4) is 0 Å². The number of aromatic nitrogens is 2. The second kappa shape index (κ2) is 6.80. The highest BCUT2D eigenvalue weighted by Crippen LogP contribution is 2.05. The normalized spacial score (nSPS) is 12.1. The van der Waals surface area contributed by atoms with Crippen LogP contribution in [-0.2, 0) is 0 Å². The van der Waals surface area contributed by atoms with Crippen LogP contribution in [0.4, 0.5) is 0 Å². The Hall–Kier alpha value is -1.69. The number of aromatic amines is 1. The molecule has 0 saturated heterocycles. The van der Waals surface area contributed by atoms with Crippen LogP contribution in [0.5, 0.6) is 0 Å². The molecule has 1 atom stereocenters. The first kappa shape index (κ1) is 13.4. The Balaban J connectivity index is 2.49. The Labute approximate surface area is 99.1 Å². The van der Waals surface area contributed by atoms with Crippen LogP contribution in [0.1, 0.15) is 30.3 Å². The Bertz CT molecular complexity index is 396. The summed E-state index contributed by atoms with van der Waals surface area (Å²) >= 11 is 0. The van der Waals surface area contributed by atoms with Crippen LogP contribution >= 0.6 is 0 Å². The number of H-pyrrole nitrogens is 1. The van der Waals surface area contributed by atoms with Gasteiger partial charge in [-0.25, -0.2) is 4.98 Å². The lowest BCUT2D eigenvalue weighted by molar-refractivity contribution is 0.0938. The van der Waals surface area contributed by atoms with Crippen molar-refractivity contribution in [1.29, 1.82) is 0 Å². The van der Waals surface area contributed by atoms with E-state index in [2.05, 4.69) is 15.3 Å². The van der Waals surface area contributed by atoms with Crippen LogP contribution in [0.25, 0.3) is 0 Å². The van der Waals surface area contributed by atoms with Gasteiger partial charge in [-0.1, -0.05) is 13.3 Å². The van der Waals surface area contributed by atoms with Gasteiger partial charge in [0.1, 0.15) is 5.69 Å². The molecule has 1 unspecified atom stereocenters. The summed E-state index contributed by atoms with van der Waals surface area (Å²) in [7, 11) is 0. The number of rotatable bonds is 6. The monoisotopic (exact) mass is 239 g/mol. The first-order valence-electron chi connectivity index (χ1n) is 5.61. The van der Waals surface area contributed by atoms with Gasteiger partial charge in [0.05, 0.1) is 6.20 Å². The fourth-order valence-corrected chi connectivity index (χ4v) is 1.43. The van der Waals surface area contributed by atoms with Crippen molar-refractivity contribution in [3.63, 3.8) is 0 Å². The fraction of sp³-hybridized carbons (Fsp3) is 0.545. The largest absolute Gasteiger partial charge is 0.396 e. The molecule has 0 aliphatic heterocycles. The molecule has 1 amide bonds. The smallest absolute Gasteiger partial charge is 0.271 e. The van der Waals surface area contributed by atoms with Gasteiger partial charge in [-0.05, 0) is 12.3 Å². The third-order valence-corrected chi connectivity index (χ3v) is 2.57. The molecule has 6 nitrogen and oxygen atoms in total. The molecule has 1 aromatic rings. The number of nitrogens with zero attached hydrogens (tertiary/aromatic N) is 1. The van der Waals surface area contributed by atoms with Gasteiger partial charge in [-0.3, -0.25) is 9.59 Å². The minimum atomic E-state index is -0.340. The molecular formula is C11H17N3O3. The minimum Gasteiger partial charge on any atom is -0.396 e. The van der Waals surface area contributed by atoms with Crippen molar-refractivity contribution < 1.29 is 9.90 Å². The fourth-order valence-electron chi connectivity index (χ4n) is 1.43. The Morgan fingerprint density at radius 2 is 2.41 bits per heavy atom. The molecule has 1 rings (SSSR count). The van der Waals surface area contributed by atoms with E-state index in [0.717, 1.165) is 12.6 Å². The summed E-state index contributed by atoms with van der Waals surface area (Å²) < 4.78 is 0. The third kappa shape index (κ3) is 4.36. The lowest BCUT2D eigenvalue weighted by Gasteiger charge is -2.13. The van der Waals surface area contributed by atoms with E-state index in [1.54, 1.807) is 0 Å². The number of carbonyl (C=O) groups is 1. The molecule has 0 aliphatic rings. The molecule has 3 N–H and O–H groups in total. The number of amides is 1. The Kier molecular flexibility index (Phi) is 5.35. The van der Waals surface area contributed by atoms with Crippen molar-refractivity contribution in [3.8, 4) is 0 Å².